The number of rotatable bonds is 37. The van der Waals surface area contributed by atoms with Gasteiger partial charge in [0, 0.05) is 121 Å². The third-order valence-electron chi connectivity index (χ3n) is 23.6. The summed E-state index contributed by atoms with van der Waals surface area (Å²) < 4.78 is 50.5. The number of fused-ring (bicyclic) bond motifs is 2. The van der Waals surface area contributed by atoms with E-state index in [-0.39, 0.29) is 239 Å². The Morgan fingerprint density at radius 1 is 0.362 bits per heavy atom. The maximum Gasteiger partial charge on any atom is 0.262 e. The number of ether oxygens (including phenoxy) is 8. The van der Waals surface area contributed by atoms with Crippen molar-refractivity contribution < 1.29 is 85.8 Å². The predicted molar refractivity (Wildman–Crippen MR) is 429 cm³/mol. The Morgan fingerprint density at radius 2 is 0.647 bits per heavy atom. The van der Waals surface area contributed by atoms with Gasteiger partial charge in [-0.05, 0) is 104 Å². The van der Waals surface area contributed by atoms with Crippen molar-refractivity contribution in [3.8, 4) is 46.0 Å². The summed E-state index contributed by atoms with van der Waals surface area (Å²) in [5.74, 6) is -4.50. The van der Waals surface area contributed by atoms with Gasteiger partial charge in [-0.1, -0.05) is 137 Å². The summed E-state index contributed by atoms with van der Waals surface area (Å²) in [6.45, 7) is 2.40. The lowest BCUT2D eigenvalue weighted by Gasteiger charge is -2.39. The van der Waals surface area contributed by atoms with Gasteiger partial charge in [-0.2, -0.15) is 0 Å². The molecule has 25 nitrogen and oxygen atoms in total. The van der Waals surface area contributed by atoms with Gasteiger partial charge in [-0.15, -0.1) is 0 Å². The molecule has 6 aliphatic heterocycles. The first-order valence-electron chi connectivity index (χ1n) is 41.0. The topological polar surface area (TPSA) is 307 Å². The van der Waals surface area contributed by atoms with Crippen molar-refractivity contribution in [1.29, 1.82) is 0 Å². The van der Waals surface area contributed by atoms with Crippen LogP contribution < -0.4 is 34.9 Å². The molecule has 25 heteroatoms. The molecule has 116 heavy (non-hydrogen) atoms. The lowest BCUT2D eigenvalue weighted by molar-refractivity contribution is -0.138. The number of carbonyl (C=O) groups is 10. The van der Waals surface area contributed by atoms with Crippen LogP contribution in [-0.2, 0) is 47.7 Å². The zero-order chi connectivity index (χ0) is 79.5. The second-order valence-corrected chi connectivity index (χ2v) is 31.8. The second kappa shape index (κ2) is 34.2. The lowest BCUT2D eigenvalue weighted by Crippen LogP contribution is -2.56. The molecule has 8 aliphatic rings. The third-order valence-corrected chi connectivity index (χ3v) is 23.6. The molecule has 0 bridgehead atoms. The first kappa shape index (κ1) is 77.2. The number of para-hydroxylation sites is 4. The van der Waals surface area contributed by atoms with Crippen LogP contribution in [0.15, 0.2) is 146 Å². The largest absolute Gasteiger partial charge is 0.457 e. The normalized spacial score (nSPS) is 19.4. The van der Waals surface area contributed by atoms with E-state index in [1.54, 1.807) is 121 Å². The number of nitrogens with zero attached hydrogens (tertiary/aromatic N) is 4. The molecule has 600 valence electrons. The van der Waals surface area contributed by atoms with Crippen LogP contribution in [0, 0.1) is 11.8 Å². The van der Waals surface area contributed by atoms with Crippen molar-refractivity contribution in [3.05, 3.63) is 168 Å². The number of carbonyl (C=O) groups excluding carboxylic acids is 10. The van der Waals surface area contributed by atoms with Crippen LogP contribution in [0.25, 0.3) is 43.1 Å². The van der Waals surface area contributed by atoms with Crippen LogP contribution in [-0.4, -0.2) is 187 Å². The average Bonchev–Trinajstić information content (AvgIpc) is 1.14. The number of hydrogen-bond donors (Lipinski definition) is 3. The summed E-state index contributed by atoms with van der Waals surface area (Å²) in [4.78, 5) is 160. The minimum absolute atomic E-state index is 0.00898. The van der Waals surface area contributed by atoms with E-state index in [1.807, 2.05) is 24.3 Å². The molecular formula is C91H93N7O18. The van der Waals surface area contributed by atoms with Crippen molar-refractivity contribution in [2.75, 3.05) is 72.2 Å². The maximum absolute atomic E-state index is 16.9. The molecule has 17 rings (SSSR count). The molecule has 0 radical (unpaired) electrons. The molecule has 6 heterocycles. The van der Waals surface area contributed by atoms with Crippen molar-refractivity contribution in [2.45, 2.75) is 152 Å². The van der Waals surface area contributed by atoms with Crippen molar-refractivity contribution in [2.24, 2.45) is 11.8 Å². The van der Waals surface area contributed by atoms with Gasteiger partial charge in [0.25, 0.3) is 23.6 Å². The Morgan fingerprint density at radius 3 is 0.931 bits per heavy atom. The molecule has 2 saturated carbocycles. The van der Waals surface area contributed by atoms with Crippen molar-refractivity contribution in [1.82, 2.24) is 35.6 Å². The molecule has 4 saturated heterocycles. The summed E-state index contributed by atoms with van der Waals surface area (Å²) in [6.07, 6.45) is 8.22. The molecule has 9 amide bonds. The molecular weight excluding hydrogens is 1480 g/mol. The van der Waals surface area contributed by atoms with E-state index in [1.165, 1.54) is 9.80 Å². The summed E-state index contributed by atoms with van der Waals surface area (Å²) >= 11 is 0. The van der Waals surface area contributed by atoms with Gasteiger partial charge in [0.2, 0.25) is 29.5 Å². The number of imide groups is 2. The van der Waals surface area contributed by atoms with E-state index in [9.17, 15) is 19.2 Å². The third kappa shape index (κ3) is 17.1. The van der Waals surface area contributed by atoms with Gasteiger partial charge in [-0.3, -0.25) is 57.7 Å². The summed E-state index contributed by atoms with van der Waals surface area (Å²) in [5, 5.41) is 10.5. The SMILES string of the molecule is O=C(CCC1CO1)CCN(CCC(=O)NCC1CO1)C(=O)C(CC1CCCCC1)N1C(=O)c2cc(Oc3ccccc3)c3c4c(Oc5ccccc5)cc5c6c(cc(Oc7ccccc7)c(c7c(Oc8ccccc8)cc(c2c37)C1=O)c64)C(=O)N(C(CC1CCCCC1)C(=O)N(CCC(=O)NCC1CO1)CCC(=O)NCC1CO1)C5=O. The first-order chi connectivity index (χ1) is 56.6. The average molecular weight is 1570 g/mol. The summed E-state index contributed by atoms with van der Waals surface area (Å²) in [5.41, 5.74) is -0.125. The summed E-state index contributed by atoms with van der Waals surface area (Å²) in [7, 11) is 0. The minimum atomic E-state index is -1.47. The van der Waals surface area contributed by atoms with E-state index in [4.69, 9.17) is 37.9 Å². The second-order valence-electron chi connectivity index (χ2n) is 31.8. The molecule has 6 fully saturated rings. The van der Waals surface area contributed by atoms with Crippen molar-refractivity contribution in [3.63, 3.8) is 0 Å². The minimum Gasteiger partial charge on any atom is -0.457 e. The number of epoxide rings is 4. The molecule has 3 N–H and O–H groups in total. The highest BCUT2D eigenvalue weighted by Crippen LogP contribution is 2.58. The highest BCUT2D eigenvalue weighted by molar-refractivity contribution is 6.45. The zero-order valence-electron chi connectivity index (χ0n) is 64.6. The number of ketones is 1. The smallest absolute Gasteiger partial charge is 0.262 e. The predicted octanol–water partition coefficient (Wildman–Crippen LogP) is 13.3. The molecule has 6 unspecified atom stereocenters. The van der Waals surface area contributed by atoms with Gasteiger partial charge >= 0.3 is 0 Å². The molecule has 9 aromatic carbocycles. The fourth-order valence-corrected chi connectivity index (χ4v) is 17.2. The van der Waals surface area contributed by atoms with E-state index in [2.05, 4.69) is 16.0 Å². The highest BCUT2D eigenvalue weighted by Gasteiger charge is 2.49. The van der Waals surface area contributed by atoms with Crippen LogP contribution in [0.2, 0.25) is 0 Å². The number of Topliss-reactive ketones (excluding diaryl/α,β-unsaturated/α-hetero) is 1. The fourth-order valence-electron chi connectivity index (χ4n) is 17.2. The molecule has 0 spiro atoms. The number of benzene rings is 9. The Balaban J connectivity index is 0.884. The van der Waals surface area contributed by atoms with E-state index >= 15 is 28.8 Å². The fraction of sp³-hybridized carbons (Fsp3) is 0.407. The number of amides is 9. The zero-order valence-corrected chi connectivity index (χ0v) is 64.6. The highest BCUT2D eigenvalue weighted by atomic mass is 16.6. The first-order valence-corrected chi connectivity index (χ1v) is 41.0. The number of nitrogens with one attached hydrogen (secondary N) is 3. The van der Waals surface area contributed by atoms with Gasteiger partial charge in [0.15, 0.2) is 0 Å². The van der Waals surface area contributed by atoms with E-state index < -0.39 is 47.5 Å². The molecule has 6 atom stereocenters. The standard InChI is InChI=1S/C91H93N7O18/c99-56(31-32-61-50-109-61)33-37-95(38-34-75(100)92-47-62-51-110-62)90(107)69(41-54-19-7-1-8-20-54)97-86(103)65-43-71(113-57-23-11-3-12-24-57)80-82-73(115-59-27-15-5-16-28-59)45-67-79-68(46-74(116-60-29-17-6-18-30-60)83(85(79)82)81-72(114-58-25-13-4-14-26-58)44-66(87(97)104)78(65)84(80)81)89(106)98(88(67)105)70(42-55-21-9-2-10-22-55)91(108)96(39-35-76(101)93-48-63-52-111-63)40-36-77(102)94-49-64-53-112-64/h3-6,11-18,23-30,43-46,54-55,61-64,69-70H,1-2,7-10,19-22,31-42,47-53H2,(H,92,100)(H,93,101)(H,94,102). The maximum atomic E-state index is 16.9. The van der Waals surface area contributed by atoms with E-state index in [0.717, 1.165) is 61.2 Å². The van der Waals surface area contributed by atoms with Crippen LogP contribution in [0.4, 0.5) is 0 Å². The monoisotopic (exact) mass is 1570 g/mol. The Labute approximate surface area is 670 Å². The Bertz CT molecular complexity index is 4650. The van der Waals surface area contributed by atoms with Gasteiger partial charge in [0.05, 0.1) is 73.1 Å². The Kier molecular flexibility index (Phi) is 22.8. The summed E-state index contributed by atoms with van der Waals surface area (Å²) in [6, 6.07) is 38.9. The van der Waals surface area contributed by atoms with Crippen LogP contribution >= 0.6 is 0 Å². The molecule has 2 aliphatic carbocycles. The van der Waals surface area contributed by atoms with Crippen LogP contribution in [0.5, 0.6) is 46.0 Å². The van der Waals surface area contributed by atoms with Crippen LogP contribution in [0.1, 0.15) is 157 Å². The van der Waals surface area contributed by atoms with Crippen LogP contribution in [0.3, 0.4) is 0 Å². The van der Waals surface area contributed by atoms with Gasteiger partial charge in [0.1, 0.15) is 63.9 Å². The number of hydrogen-bond acceptors (Lipinski definition) is 18. The Hall–Kier alpha value is -11.4. The van der Waals surface area contributed by atoms with Crippen molar-refractivity contribution >= 4 is 102 Å². The molecule has 0 aromatic heterocycles. The van der Waals surface area contributed by atoms with E-state index in [0.29, 0.717) is 68.7 Å². The lowest BCUT2D eigenvalue weighted by atomic mass is 9.79. The van der Waals surface area contributed by atoms with Gasteiger partial charge in [-0.25, -0.2) is 0 Å². The van der Waals surface area contributed by atoms with Gasteiger partial charge < -0.3 is 63.6 Å². The quantitative estimate of drug-likeness (QED) is 0.0141. The molecule has 9 aromatic rings.